The fourth-order valence-electron chi connectivity index (χ4n) is 1.98. The number of nitrogens with one attached hydrogen (secondary N) is 2. The molecule has 2 amide bonds. The second-order valence-corrected chi connectivity index (χ2v) is 6.79. The lowest BCUT2D eigenvalue weighted by atomic mass is 9.95. The molecule has 5 nitrogen and oxygen atoms in total. The lowest BCUT2D eigenvalue weighted by molar-refractivity contribution is -0.128. The van der Waals surface area contributed by atoms with E-state index in [1.54, 1.807) is 32.9 Å². The zero-order chi connectivity index (χ0) is 18.4. The van der Waals surface area contributed by atoms with Crippen molar-refractivity contribution in [2.24, 2.45) is 5.41 Å². The molecule has 2 aromatic rings. The number of nitrogens with zero attached hydrogens (tertiary/aromatic N) is 1. The summed E-state index contributed by atoms with van der Waals surface area (Å²) in [5, 5.41) is 5.45. The van der Waals surface area contributed by atoms with E-state index in [1.165, 1.54) is 0 Å². The van der Waals surface area contributed by atoms with Gasteiger partial charge >= 0.3 is 0 Å². The average molecular weight is 337 g/mol. The monoisotopic (exact) mass is 337 g/mol. The molecule has 130 valence electrons. The van der Waals surface area contributed by atoms with Gasteiger partial charge in [0, 0.05) is 11.1 Å². The number of hydrogen-bond acceptors (Lipinski definition) is 3. The van der Waals surface area contributed by atoms with Crippen LogP contribution in [0.4, 0.5) is 5.82 Å². The standard InChI is InChI=1S/C20H23N3O2/c1-14-9-8-12-17(21-14)23-18(24)16(22-19(25)20(2,3)4)13-15-10-6-5-7-11-15/h5-13H,1-4H3,(H,22,25)(H,21,23,24)/b16-13+. The van der Waals surface area contributed by atoms with E-state index in [0.717, 1.165) is 11.3 Å². The summed E-state index contributed by atoms with van der Waals surface area (Å²) in [6.07, 6.45) is 1.65. The third-order valence-electron chi connectivity index (χ3n) is 3.41. The molecule has 5 heteroatoms. The molecular weight excluding hydrogens is 314 g/mol. The predicted octanol–water partition coefficient (Wildman–Crippen LogP) is 3.53. The zero-order valence-electron chi connectivity index (χ0n) is 15.0. The first-order valence-electron chi connectivity index (χ1n) is 8.09. The fraction of sp³-hybridized carbons (Fsp3) is 0.250. The van der Waals surface area contributed by atoms with Crippen LogP contribution in [0.15, 0.2) is 54.2 Å². The fourth-order valence-corrected chi connectivity index (χ4v) is 1.98. The van der Waals surface area contributed by atoms with Crippen LogP contribution in [0, 0.1) is 12.3 Å². The van der Waals surface area contributed by atoms with E-state index in [1.807, 2.05) is 49.4 Å². The van der Waals surface area contributed by atoms with Crippen molar-refractivity contribution in [3.05, 3.63) is 65.5 Å². The molecule has 0 fully saturated rings. The highest BCUT2D eigenvalue weighted by Gasteiger charge is 2.24. The number of aromatic nitrogens is 1. The van der Waals surface area contributed by atoms with Crippen LogP contribution in [0.5, 0.6) is 0 Å². The summed E-state index contributed by atoms with van der Waals surface area (Å²) in [6.45, 7) is 7.23. The quantitative estimate of drug-likeness (QED) is 0.839. The first-order chi connectivity index (χ1) is 11.8. The zero-order valence-corrected chi connectivity index (χ0v) is 15.0. The lowest BCUT2D eigenvalue weighted by Gasteiger charge is -2.19. The minimum atomic E-state index is -0.613. The highest BCUT2D eigenvalue weighted by atomic mass is 16.2. The number of benzene rings is 1. The van der Waals surface area contributed by atoms with Gasteiger partial charge in [-0.3, -0.25) is 9.59 Å². The molecule has 2 rings (SSSR count). The third kappa shape index (κ3) is 5.57. The van der Waals surface area contributed by atoms with Gasteiger partial charge in [0.25, 0.3) is 5.91 Å². The minimum absolute atomic E-state index is 0.175. The van der Waals surface area contributed by atoms with Crippen molar-refractivity contribution in [1.82, 2.24) is 10.3 Å². The Morgan fingerprint density at radius 2 is 1.68 bits per heavy atom. The van der Waals surface area contributed by atoms with Gasteiger partial charge in [0.2, 0.25) is 5.91 Å². The van der Waals surface area contributed by atoms with Crippen LogP contribution in [0.3, 0.4) is 0 Å². The molecule has 1 heterocycles. The third-order valence-corrected chi connectivity index (χ3v) is 3.41. The smallest absolute Gasteiger partial charge is 0.273 e. The SMILES string of the molecule is Cc1cccc(NC(=O)/C(=C\c2ccccc2)NC(=O)C(C)(C)C)n1. The summed E-state index contributed by atoms with van der Waals surface area (Å²) in [4.78, 5) is 29.2. The second-order valence-electron chi connectivity index (χ2n) is 6.79. The second kappa shape index (κ2) is 7.75. The highest BCUT2D eigenvalue weighted by Crippen LogP contribution is 2.15. The van der Waals surface area contributed by atoms with Crippen LogP contribution in [0.2, 0.25) is 0 Å². The van der Waals surface area contributed by atoms with Gasteiger partial charge in [-0.15, -0.1) is 0 Å². The van der Waals surface area contributed by atoms with Crippen LogP contribution in [0.1, 0.15) is 32.0 Å². The maximum atomic E-state index is 12.7. The van der Waals surface area contributed by atoms with Crippen molar-refractivity contribution in [3.8, 4) is 0 Å². The molecule has 0 radical (unpaired) electrons. The van der Waals surface area contributed by atoms with E-state index >= 15 is 0 Å². The van der Waals surface area contributed by atoms with Gasteiger partial charge in [-0.1, -0.05) is 57.2 Å². The Balaban J connectivity index is 2.28. The summed E-state index contributed by atoms with van der Waals surface area (Å²) in [5.41, 5.74) is 1.18. The molecule has 0 atom stereocenters. The van der Waals surface area contributed by atoms with Crippen LogP contribution < -0.4 is 10.6 Å². The molecule has 0 aliphatic heterocycles. The topological polar surface area (TPSA) is 71.1 Å². The van der Waals surface area contributed by atoms with Gasteiger partial charge in [0.1, 0.15) is 11.5 Å². The Morgan fingerprint density at radius 3 is 2.28 bits per heavy atom. The molecule has 0 aliphatic rings. The number of carbonyl (C=O) groups is 2. The molecule has 0 unspecified atom stereocenters. The van der Waals surface area contributed by atoms with E-state index in [4.69, 9.17) is 0 Å². The Hall–Kier alpha value is -2.95. The van der Waals surface area contributed by atoms with Crippen molar-refractivity contribution in [1.29, 1.82) is 0 Å². The average Bonchev–Trinajstić information content (AvgIpc) is 2.54. The maximum absolute atomic E-state index is 12.7. The Kier molecular flexibility index (Phi) is 5.70. The lowest BCUT2D eigenvalue weighted by Crippen LogP contribution is -2.38. The predicted molar refractivity (Wildman–Crippen MR) is 99.6 cm³/mol. The van der Waals surface area contributed by atoms with Crippen molar-refractivity contribution in [3.63, 3.8) is 0 Å². The van der Waals surface area contributed by atoms with Crippen LogP contribution >= 0.6 is 0 Å². The molecule has 0 aliphatic carbocycles. The number of rotatable bonds is 4. The molecule has 25 heavy (non-hydrogen) atoms. The van der Waals surface area contributed by atoms with Crippen LogP contribution in [-0.2, 0) is 9.59 Å². The highest BCUT2D eigenvalue weighted by molar-refractivity contribution is 6.08. The van der Waals surface area contributed by atoms with Gasteiger partial charge in [0.05, 0.1) is 0 Å². The van der Waals surface area contributed by atoms with E-state index in [-0.39, 0.29) is 11.6 Å². The molecule has 0 spiro atoms. The van der Waals surface area contributed by atoms with E-state index in [9.17, 15) is 9.59 Å². The van der Waals surface area contributed by atoms with Crippen LogP contribution in [0.25, 0.3) is 6.08 Å². The summed E-state index contributed by atoms with van der Waals surface area (Å²) < 4.78 is 0. The molecule has 2 N–H and O–H groups in total. The number of amides is 2. The number of carbonyl (C=O) groups excluding carboxylic acids is 2. The number of aryl methyl sites for hydroxylation is 1. The molecule has 1 aromatic heterocycles. The molecule has 0 bridgehead atoms. The van der Waals surface area contributed by atoms with Gasteiger partial charge < -0.3 is 10.6 Å². The summed E-state index contributed by atoms with van der Waals surface area (Å²) in [6, 6.07) is 14.7. The normalized spacial score (nSPS) is 11.8. The Morgan fingerprint density at radius 1 is 1.00 bits per heavy atom. The largest absolute Gasteiger partial charge is 0.321 e. The summed E-state index contributed by atoms with van der Waals surface area (Å²) in [5.74, 6) is -0.212. The summed E-state index contributed by atoms with van der Waals surface area (Å²) in [7, 11) is 0. The molecule has 1 aromatic carbocycles. The first kappa shape index (κ1) is 18.4. The van der Waals surface area contributed by atoms with E-state index < -0.39 is 11.3 Å². The van der Waals surface area contributed by atoms with Gasteiger partial charge in [-0.25, -0.2) is 4.98 Å². The molecular formula is C20H23N3O2. The molecule has 0 saturated heterocycles. The number of hydrogen-bond donors (Lipinski definition) is 2. The van der Waals surface area contributed by atoms with Crippen molar-refractivity contribution < 1.29 is 9.59 Å². The van der Waals surface area contributed by atoms with E-state index in [2.05, 4.69) is 15.6 Å². The van der Waals surface area contributed by atoms with Gasteiger partial charge in [-0.2, -0.15) is 0 Å². The number of pyridine rings is 1. The Labute approximate surface area is 148 Å². The van der Waals surface area contributed by atoms with Crippen molar-refractivity contribution >= 4 is 23.7 Å². The van der Waals surface area contributed by atoms with Crippen molar-refractivity contribution in [2.75, 3.05) is 5.32 Å². The van der Waals surface area contributed by atoms with Gasteiger partial charge in [-0.05, 0) is 30.7 Å². The molecule has 0 saturated carbocycles. The first-order valence-corrected chi connectivity index (χ1v) is 8.09. The van der Waals surface area contributed by atoms with Crippen LogP contribution in [-0.4, -0.2) is 16.8 Å². The van der Waals surface area contributed by atoms with Crippen molar-refractivity contribution in [2.45, 2.75) is 27.7 Å². The maximum Gasteiger partial charge on any atom is 0.273 e. The minimum Gasteiger partial charge on any atom is -0.321 e. The summed E-state index contributed by atoms with van der Waals surface area (Å²) >= 11 is 0. The number of anilines is 1. The van der Waals surface area contributed by atoms with E-state index in [0.29, 0.717) is 5.82 Å². The Bertz CT molecular complexity index is 790. The van der Waals surface area contributed by atoms with Gasteiger partial charge in [0.15, 0.2) is 0 Å².